The Morgan fingerprint density at radius 3 is 1.83 bits per heavy atom. The Balaban J connectivity index is 1.83. The SMILES string of the molecule is CC(c1ccccc1)c1ccc(C2CCCCC2)c(O)c1C(C)c1ccccc1. The first-order chi connectivity index (χ1) is 14.2. The molecule has 1 nitrogen and oxygen atoms in total. The lowest BCUT2D eigenvalue weighted by molar-refractivity contribution is 0.409. The van der Waals surface area contributed by atoms with Crippen LogP contribution in [0.1, 0.15) is 91.5 Å². The molecule has 2 unspecified atom stereocenters. The Morgan fingerprint density at radius 2 is 1.24 bits per heavy atom. The van der Waals surface area contributed by atoms with Crippen LogP contribution in [0.15, 0.2) is 72.8 Å². The van der Waals surface area contributed by atoms with Gasteiger partial charge in [-0.15, -0.1) is 0 Å². The summed E-state index contributed by atoms with van der Waals surface area (Å²) in [5.41, 5.74) is 6.05. The van der Waals surface area contributed by atoms with Gasteiger partial charge in [-0.05, 0) is 41.0 Å². The Labute approximate surface area is 175 Å². The van der Waals surface area contributed by atoms with Gasteiger partial charge in [0.2, 0.25) is 0 Å². The van der Waals surface area contributed by atoms with Crippen molar-refractivity contribution >= 4 is 0 Å². The first kappa shape index (κ1) is 19.8. The molecule has 0 radical (unpaired) electrons. The zero-order valence-electron chi connectivity index (χ0n) is 17.6. The molecule has 0 spiro atoms. The molecule has 29 heavy (non-hydrogen) atoms. The van der Waals surface area contributed by atoms with E-state index in [-0.39, 0.29) is 11.8 Å². The second-order valence-corrected chi connectivity index (χ2v) is 8.61. The molecule has 2 atom stereocenters. The van der Waals surface area contributed by atoms with Gasteiger partial charge < -0.3 is 5.11 Å². The van der Waals surface area contributed by atoms with E-state index in [0.717, 1.165) is 11.1 Å². The van der Waals surface area contributed by atoms with Crippen LogP contribution in [0.4, 0.5) is 0 Å². The van der Waals surface area contributed by atoms with E-state index in [0.29, 0.717) is 11.7 Å². The third kappa shape index (κ3) is 4.10. The topological polar surface area (TPSA) is 20.2 Å². The predicted molar refractivity (Wildman–Crippen MR) is 122 cm³/mol. The first-order valence-electron chi connectivity index (χ1n) is 11.1. The molecule has 1 heteroatoms. The summed E-state index contributed by atoms with van der Waals surface area (Å²) < 4.78 is 0. The van der Waals surface area contributed by atoms with Crippen LogP contribution in [0.2, 0.25) is 0 Å². The fraction of sp³-hybridized carbons (Fsp3) is 0.357. The number of hydrogen-bond acceptors (Lipinski definition) is 1. The highest BCUT2D eigenvalue weighted by atomic mass is 16.3. The van der Waals surface area contributed by atoms with E-state index in [1.54, 1.807) is 0 Å². The summed E-state index contributed by atoms with van der Waals surface area (Å²) in [6, 6.07) is 25.7. The van der Waals surface area contributed by atoms with Crippen molar-refractivity contribution in [3.8, 4) is 5.75 Å². The molecule has 1 saturated carbocycles. The van der Waals surface area contributed by atoms with Crippen LogP contribution in [0.3, 0.4) is 0 Å². The van der Waals surface area contributed by atoms with Gasteiger partial charge in [-0.25, -0.2) is 0 Å². The van der Waals surface area contributed by atoms with Crippen LogP contribution in [-0.2, 0) is 0 Å². The summed E-state index contributed by atoms with van der Waals surface area (Å²) in [7, 11) is 0. The van der Waals surface area contributed by atoms with Gasteiger partial charge in [-0.3, -0.25) is 0 Å². The van der Waals surface area contributed by atoms with Crippen LogP contribution < -0.4 is 0 Å². The van der Waals surface area contributed by atoms with Gasteiger partial charge >= 0.3 is 0 Å². The van der Waals surface area contributed by atoms with E-state index in [1.165, 1.54) is 48.8 Å². The Bertz CT molecular complexity index is 923. The van der Waals surface area contributed by atoms with Crippen molar-refractivity contribution in [2.24, 2.45) is 0 Å². The Kier molecular flexibility index (Phi) is 6.04. The minimum absolute atomic E-state index is 0.154. The molecule has 1 aliphatic carbocycles. The quantitative estimate of drug-likeness (QED) is 0.477. The molecule has 0 amide bonds. The molecular formula is C28H32O. The van der Waals surface area contributed by atoms with Crippen molar-refractivity contribution < 1.29 is 5.11 Å². The largest absolute Gasteiger partial charge is 0.507 e. The van der Waals surface area contributed by atoms with Crippen LogP contribution >= 0.6 is 0 Å². The minimum atomic E-state index is 0.154. The molecule has 0 aliphatic heterocycles. The summed E-state index contributed by atoms with van der Waals surface area (Å²) in [6.07, 6.45) is 6.26. The fourth-order valence-electron chi connectivity index (χ4n) is 5.05. The van der Waals surface area contributed by atoms with Gasteiger partial charge in [-0.1, -0.05) is 106 Å². The number of phenols is 1. The van der Waals surface area contributed by atoms with Gasteiger partial charge in [0.1, 0.15) is 5.75 Å². The highest BCUT2D eigenvalue weighted by Gasteiger charge is 2.26. The van der Waals surface area contributed by atoms with Gasteiger partial charge in [0.05, 0.1) is 0 Å². The summed E-state index contributed by atoms with van der Waals surface area (Å²) in [5, 5.41) is 11.5. The van der Waals surface area contributed by atoms with Gasteiger partial charge in [0.15, 0.2) is 0 Å². The zero-order chi connectivity index (χ0) is 20.2. The molecule has 0 saturated heterocycles. The molecule has 0 bridgehead atoms. The smallest absolute Gasteiger partial charge is 0.123 e. The van der Waals surface area contributed by atoms with E-state index < -0.39 is 0 Å². The molecule has 3 aromatic carbocycles. The predicted octanol–water partition coefficient (Wildman–Crippen LogP) is 7.74. The average Bonchev–Trinajstić information content (AvgIpc) is 2.79. The highest BCUT2D eigenvalue weighted by Crippen LogP contribution is 2.45. The van der Waals surface area contributed by atoms with Crippen molar-refractivity contribution in [1.29, 1.82) is 0 Å². The third-order valence-corrected chi connectivity index (χ3v) is 6.83. The molecule has 1 aliphatic rings. The minimum Gasteiger partial charge on any atom is -0.507 e. The summed E-state index contributed by atoms with van der Waals surface area (Å²) in [6.45, 7) is 4.49. The lowest BCUT2D eigenvalue weighted by Crippen LogP contribution is -2.10. The number of benzene rings is 3. The molecule has 150 valence electrons. The van der Waals surface area contributed by atoms with Crippen molar-refractivity contribution in [2.75, 3.05) is 0 Å². The van der Waals surface area contributed by atoms with E-state index in [1.807, 2.05) is 0 Å². The maximum absolute atomic E-state index is 11.5. The molecule has 4 rings (SSSR count). The third-order valence-electron chi connectivity index (χ3n) is 6.83. The monoisotopic (exact) mass is 384 g/mol. The molecule has 1 N–H and O–H groups in total. The average molecular weight is 385 g/mol. The lowest BCUT2D eigenvalue weighted by Gasteiger charge is -2.28. The van der Waals surface area contributed by atoms with Crippen molar-refractivity contribution in [3.63, 3.8) is 0 Å². The fourth-order valence-corrected chi connectivity index (χ4v) is 5.05. The van der Waals surface area contributed by atoms with Crippen molar-refractivity contribution in [2.45, 2.75) is 63.7 Å². The maximum Gasteiger partial charge on any atom is 0.123 e. The second-order valence-electron chi connectivity index (χ2n) is 8.61. The van der Waals surface area contributed by atoms with E-state index >= 15 is 0 Å². The van der Waals surface area contributed by atoms with E-state index in [9.17, 15) is 5.11 Å². The van der Waals surface area contributed by atoms with Gasteiger partial charge in [0.25, 0.3) is 0 Å². The number of aromatic hydroxyl groups is 1. The Morgan fingerprint density at radius 1 is 0.690 bits per heavy atom. The standard InChI is InChI=1S/C28H32O/c1-20(22-12-6-3-7-13-22)25-18-19-26(24-16-10-5-11-17-24)28(29)27(25)21(2)23-14-8-4-9-15-23/h3-4,6-9,12-15,18-21,24,29H,5,10-11,16-17H2,1-2H3. The number of rotatable bonds is 5. The van der Waals surface area contributed by atoms with E-state index in [4.69, 9.17) is 0 Å². The second kappa shape index (κ2) is 8.86. The first-order valence-corrected chi connectivity index (χ1v) is 11.1. The van der Waals surface area contributed by atoms with Crippen LogP contribution in [0, 0.1) is 0 Å². The van der Waals surface area contributed by atoms with Gasteiger partial charge in [-0.2, -0.15) is 0 Å². The molecule has 0 heterocycles. The van der Waals surface area contributed by atoms with Crippen molar-refractivity contribution in [1.82, 2.24) is 0 Å². The highest BCUT2D eigenvalue weighted by molar-refractivity contribution is 5.54. The summed E-state index contributed by atoms with van der Waals surface area (Å²) in [4.78, 5) is 0. The molecular weight excluding hydrogens is 352 g/mol. The Hall–Kier alpha value is -2.54. The number of hydrogen-bond donors (Lipinski definition) is 1. The molecule has 1 fully saturated rings. The van der Waals surface area contributed by atoms with Gasteiger partial charge in [0, 0.05) is 17.4 Å². The van der Waals surface area contributed by atoms with Crippen LogP contribution in [-0.4, -0.2) is 5.11 Å². The summed E-state index contributed by atoms with van der Waals surface area (Å²) in [5.74, 6) is 1.42. The zero-order valence-corrected chi connectivity index (χ0v) is 17.6. The van der Waals surface area contributed by atoms with Crippen LogP contribution in [0.5, 0.6) is 5.75 Å². The molecule has 3 aromatic rings. The van der Waals surface area contributed by atoms with E-state index in [2.05, 4.69) is 86.6 Å². The number of phenolic OH excluding ortho intramolecular Hbond substituents is 1. The lowest BCUT2D eigenvalue weighted by atomic mass is 9.77. The summed E-state index contributed by atoms with van der Waals surface area (Å²) >= 11 is 0. The normalized spacial score (nSPS) is 17.0. The molecule has 0 aromatic heterocycles. The van der Waals surface area contributed by atoms with Crippen molar-refractivity contribution in [3.05, 3.63) is 101 Å². The van der Waals surface area contributed by atoms with Crippen LogP contribution in [0.25, 0.3) is 0 Å². The maximum atomic E-state index is 11.5.